The number of ketones is 2. The van der Waals surface area contributed by atoms with E-state index in [1.54, 1.807) is 12.1 Å². The van der Waals surface area contributed by atoms with Crippen molar-refractivity contribution in [2.45, 2.75) is 64.2 Å². The van der Waals surface area contributed by atoms with Gasteiger partial charge in [-0.3, -0.25) is 9.59 Å². The molecular formula is C27H28F4N2O3. The predicted octanol–water partition coefficient (Wildman–Crippen LogP) is 6.95. The third-order valence-corrected chi connectivity index (χ3v) is 7.25. The molecule has 0 spiro atoms. The first-order chi connectivity index (χ1) is 17.0. The van der Waals surface area contributed by atoms with Crippen LogP contribution in [0.25, 0.3) is 11.5 Å². The molecule has 0 N–H and O–H groups in total. The van der Waals surface area contributed by atoms with Crippen molar-refractivity contribution in [1.29, 1.82) is 0 Å². The zero-order chi connectivity index (χ0) is 26.2. The van der Waals surface area contributed by atoms with Gasteiger partial charge in [0.2, 0.25) is 5.89 Å². The molecule has 1 heterocycles. The van der Waals surface area contributed by atoms with E-state index in [0.29, 0.717) is 36.0 Å². The van der Waals surface area contributed by atoms with Crippen molar-refractivity contribution in [3.05, 3.63) is 59.5 Å². The first-order valence-electron chi connectivity index (χ1n) is 12.1. The molecule has 2 aliphatic carbocycles. The average Bonchev–Trinajstić information content (AvgIpc) is 3.25. The van der Waals surface area contributed by atoms with E-state index in [-0.39, 0.29) is 29.1 Å². The van der Waals surface area contributed by atoms with Crippen LogP contribution in [0.1, 0.15) is 73.7 Å². The zero-order valence-corrected chi connectivity index (χ0v) is 20.0. The number of Topliss-reactive ketones (excluding diaryl/α,β-unsaturated/α-hetero) is 2. The van der Waals surface area contributed by atoms with Crippen molar-refractivity contribution >= 4 is 11.6 Å². The number of allylic oxidation sites excluding steroid dienone is 2. The Bertz CT molecular complexity index is 1200. The van der Waals surface area contributed by atoms with Gasteiger partial charge in [-0.05, 0) is 66.4 Å². The lowest BCUT2D eigenvalue weighted by Crippen LogP contribution is -2.27. The van der Waals surface area contributed by atoms with Gasteiger partial charge in [0.15, 0.2) is 11.6 Å². The van der Waals surface area contributed by atoms with Gasteiger partial charge in [0, 0.05) is 17.5 Å². The Labute approximate surface area is 206 Å². The number of hydrogen-bond donors (Lipinski definition) is 0. The normalized spacial score (nSPS) is 22.9. The van der Waals surface area contributed by atoms with Crippen molar-refractivity contribution in [1.82, 2.24) is 10.2 Å². The second-order valence-corrected chi connectivity index (χ2v) is 9.67. The van der Waals surface area contributed by atoms with Crippen LogP contribution in [0.5, 0.6) is 0 Å². The van der Waals surface area contributed by atoms with Crippen LogP contribution in [0.4, 0.5) is 17.6 Å². The maximum Gasteiger partial charge on any atom is 0.314 e. The van der Waals surface area contributed by atoms with E-state index in [1.165, 1.54) is 6.07 Å². The molecule has 3 atom stereocenters. The summed E-state index contributed by atoms with van der Waals surface area (Å²) in [5.41, 5.74) is 1.99. The fraction of sp³-hybridized carbons (Fsp3) is 0.481. The number of benzene rings is 1. The van der Waals surface area contributed by atoms with Gasteiger partial charge in [-0.1, -0.05) is 39.0 Å². The van der Waals surface area contributed by atoms with Crippen molar-refractivity contribution < 1.29 is 31.6 Å². The summed E-state index contributed by atoms with van der Waals surface area (Å²) in [6.45, 7) is 9.77. The molecule has 5 nitrogen and oxygen atoms in total. The van der Waals surface area contributed by atoms with Gasteiger partial charge in [-0.15, -0.1) is 10.2 Å². The minimum absolute atomic E-state index is 0.100. The number of halogens is 4. The van der Waals surface area contributed by atoms with Gasteiger partial charge in [0.25, 0.3) is 11.8 Å². The number of carbonyl (C=O) groups is 2. The number of nitrogens with zero attached hydrogens (tertiary/aromatic N) is 2. The lowest BCUT2D eigenvalue weighted by atomic mass is 9.71. The maximum atomic E-state index is 13.5. The minimum atomic E-state index is -2.94. The molecule has 0 radical (unpaired) electrons. The molecule has 2 saturated carbocycles. The molecule has 0 amide bonds. The Balaban J connectivity index is 1.52. The van der Waals surface area contributed by atoms with Crippen LogP contribution in [0.2, 0.25) is 0 Å². The van der Waals surface area contributed by atoms with E-state index in [0.717, 1.165) is 24.8 Å². The molecule has 2 aromatic rings. The highest BCUT2D eigenvalue weighted by molar-refractivity contribution is 6.09. The minimum Gasteiger partial charge on any atom is -0.415 e. The summed E-state index contributed by atoms with van der Waals surface area (Å²) in [5, 5.41) is 6.99. The quantitative estimate of drug-likeness (QED) is 0.199. The predicted molar refractivity (Wildman–Crippen MR) is 125 cm³/mol. The SMILES string of the molecule is C=C(C[C@@H]1CCCC[C@H]1C(=C)C(=O)[C@@H]1CC1(F)F)C(=O)c1cc(-c2nnc(C(F)F)o2)ccc1CC. The van der Waals surface area contributed by atoms with Crippen molar-refractivity contribution in [3.63, 3.8) is 0 Å². The van der Waals surface area contributed by atoms with Gasteiger partial charge in [0.1, 0.15) is 0 Å². The molecule has 0 aliphatic heterocycles. The van der Waals surface area contributed by atoms with E-state index in [1.807, 2.05) is 6.92 Å². The molecule has 36 heavy (non-hydrogen) atoms. The molecule has 9 heteroatoms. The number of carbonyl (C=O) groups excluding carboxylic acids is 2. The first-order valence-corrected chi connectivity index (χ1v) is 12.1. The van der Waals surface area contributed by atoms with Gasteiger partial charge in [-0.25, -0.2) is 8.78 Å². The second-order valence-electron chi connectivity index (χ2n) is 9.67. The van der Waals surface area contributed by atoms with Crippen LogP contribution in [0, 0.1) is 17.8 Å². The summed E-state index contributed by atoms with van der Waals surface area (Å²) in [6.07, 6.45) is 0.692. The van der Waals surface area contributed by atoms with E-state index >= 15 is 0 Å². The summed E-state index contributed by atoms with van der Waals surface area (Å²) in [7, 11) is 0. The number of rotatable bonds is 10. The van der Waals surface area contributed by atoms with Crippen LogP contribution in [0.15, 0.2) is 46.9 Å². The fourth-order valence-corrected chi connectivity index (χ4v) is 5.08. The van der Waals surface area contributed by atoms with Crippen LogP contribution in [-0.2, 0) is 11.2 Å². The molecule has 0 saturated heterocycles. The Kier molecular flexibility index (Phi) is 7.29. The van der Waals surface area contributed by atoms with Crippen molar-refractivity contribution in [2.24, 2.45) is 17.8 Å². The topological polar surface area (TPSA) is 73.1 Å². The molecule has 2 aliphatic rings. The van der Waals surface area contributed by atoms with E-state index in [2.05, 4.69) is 23.4 Å². The largest absolute Gasteiger partial charge is 0.415 e. The van der Waals surface area contributed by atoms with Crippen molar-refractivity contribution in [2.75, 3.05) is 0 Å². The first kappa shape index (κ1) is 26.0. The summed E-state index contributed by atoms with van der Waals surface area (Å²) in [5.74, 6) is -6.39. The van der Waals surface area contributed by atoms with E-state index in [4.69, 9.17) is 4.42 Å². The lowest BCUT2D eigenvalue weighted by molar-refractivity contribution is -0.119. The monoisotopic (exact) mass is 504 g/mol. The lowest BCUT2D eigenvalue weighted by Gasteiger charge is -2.33. The zero-order valence-electron chi connectivity index (χ0n) is 20.0. The summed E-state index contributed by atoms with van der Waals surface area (Å²) >= 11 is 0. The van der Waals surface area contributed by atoms with Gasteiger partial charge in [-0.2, -0.15) is 8.78 Å². The Morgan fingerprint density at radius 2 is 1.86 bits per heavy atom. The summed E-state index contributed by atoms with van der Waals surface area (Å²) < 4.78 is 57.7. The molecule has 2 fully saturated rings. The van der Waals surface area contributed by atoms with Gasteiger partial charge in [0.05, 0.1) is 5.92 Å². The van der Waals surface area contributed by atoms with Crippen molar-refractivity contribution in [3.8, 4) is 11.5 Å². The standard InChI is InChI=1S/C27H28F4N2O3/c1-4-16-9-10-18(25-32-33-26(36-25)24(28)29)12-20(16)22(34)14(2)11-17-7-5-6-8-19(17)15(3)23(35)21-13-27(21,30)31/h9-10,12,17,19,21,24H,2-8,11,13H2,1H3/t17-,19-,21-/m0/s1. The molecular weight excluding hydrogens is 476 g/mol. The average molecular weight is 505 g/mol. The fourth-order valence-electron chi connectivity index (χ4n) is 5.08. The molecule has 0 unspecified atom stereocenters. The molecule has 4 rings (SSSR count). The van der Waals surface area contributed by atoms with E-state index < -0.39 is 36.4 Å². The van der Waals surface area contributed by atoms with Crippen LogP contribution in [-0.4, -0.2) is 27.7 Å². The molecule has 1 aromatic heterocycles. The molecule has 192 valence electrons. The number of alkyl halides is 4. The maximum absolute atomic E-state index is 13.5. The Morgan fingerprint density at radius 1 is 1.17 bits per heavy atom. The van der Waals surface area contributed by atoms with Gasteiger partial charge < -0.3 is 4.42 Å². The van der Waals surface area contributed by atoms with E-state index in [9.17, 15) is 27.2 Å². The summed E-state index contributed by atoms with van der Waals surface area (Å²) in [4.78, 5) is 26.0. The number of aromatic nitrogens is 2. The number of aryl methyl sites for hydroxylation is 1. The highest BCUT2D eigenvalue weighted by atomic mass is 19.3. The van der Waals surface area contributed by atoms with Crippen LogP contribution >= 0.6 is 0 Å². The number of hydrogen-bond acceptors (Lipinski definition) is 5. The second kappa shape index (κ2) is 10.1. The van der Waals surface area contributed by atoms with Crippen LogP contribution in [0.3, 0.4) is 0 Å². The highest BCUT2D eigenvalue weighted by Gasteiger charge is 2.61. The van der Waals surface area contributed by atoms with Gasteiger partial charge >= 0.3 is 6.43 Å². The molecule has 1 aromatic carbocycles. The molecule has 0 bridgehead atoms. The Morgan fingerprint density at radius 3 is 2.47 bits per heavy atom. The Hall–Kier alpha value is -3.10. The third kappa shape index (κ3) is 5.20. The van der Waals surface area contributed by atoms with Crippen LogP contribution < -0.4 is 0 Å². The third-order valence-electron chi connectivity index (χ3n) is 7.25. The summed E-state index contributed by atoms with van der Waals surface area (Å²) in [6, 6.07) is 4.87. The smallest absolute Gasteiger partial charge is 0.314 e. The highest BCUT2D eigenvalue weighted by Crippen LogP contribution is 2.51.